The third-order valence-corrected chi connectivity index (χ3v) is 3.77. The van der Waals surface area contributed by atoms with E-state index in [0.717, 1.165) is 19.4 Å². The van der Waals surface area contributed by atoms with Crippen molar-refractivity contribution in [2.75, 3.05) is 6.54 Å². The molecule has 0 radical (unpaired) electrons. The van der Waals surface area contributed by atoms with Crippen LogP contribution in [0.15, 0.2) is 24.5 Å². The summed E-state index contributed by atoms with van der Waals surface area (Å²) < 4.78 is 5.42. The second-order valence-electron chi connectivity index (χ2n) is 4.82. The molecule has 0 aromatic carbocycles. The number of fused-ring (bicyclic) bond motifs is 2. The molecule has 1 aromatic rings. The lowest BCUT2D eigenvalue weighted by Crippen LogP contribution is -2.31. The molecule has 17 heavy (non-hydrogen) atoms. The summed E-state index contributed by atoms with van der Waals surface area (Å²) in [7, 11) is 0. The number of esters is 1. The Balaban J connectivity index is 1.81. The van der Waals surface area contributed by atoms with Gasteiger partial charge in [-0.1, -0.05) is 6.07 Å². The fourth-order valence-corrected chi connectivity index (χ4v) is 3.08. The molecule has 2 saturated heterocycles. The number of ether oxygens (including phenoxy) is 1. The van der Waals surface area contributed by atoms with Crippen molar-refractivity contribution in [3.8, 4) is 0 Å². The lowest BCUT2D eigenvalue weighted by Gasteiger charge is -2.26. The van der Waals surface area contributed by atoms with Crippen LogP contribution in [-0.2, 0) is 9.53 Å². The van der Waals surface area contributed by atoms with Crippen molar-refractivity contribution in [3.05, 3.63) is 30.1 Å². The highest BCUT2D eigenvalue weighted by molar-refractivity contribution is 5.66. The highest BCUT2D eigenvalue weighted by atomic mass is 16.6. The normalized spacial score (nSPS) is 34.9. The molecule has 0 saturated carbocycles. The molecule has 3 rings (SSSR count). The molecule has 2 aliphatic rings. The maximum absolute atomic E-state index is 11.1. The van der Waals surface area contributed by atoms with Crippen molar-refractivity contribution in [1.29, 1.82) is 0 Å². The zero-order chi connectivity index (χ0) is 11.8. The van der Waals surface area contributed by atoms with Gasteiger partial charge in [-0.05, 0) is 24.5 Å². The van der Waals surface area contributed by atoms with Gasteiger partial charge in [-0.3, -0.25) is 14.7 Å². The minimum absolute atomic E-state index is 0.0160. The van der Waals surface area contributed by atoms with Crippen molar-refractivity contribution < 1.29 is 9.53 Å². The van der Waals surface area contributed by atoms with Gasteiger partial charge in [-0.2, -0.15) is 0 Å². The molecule has 4 nitrogen and oxygen atoms in total. The van der Waals surface area contributed by atoms with Crippen LogP contribution in [0.4, 0.5) is 0 Å². The first kappa shape index (κ1) is 10.7. The van der Waals surface area contributed by atoms with Crippen LogP contribution in [0.3, 0.4) is 0 Å². The van der Waals surface area contributed by atoms with E-state index in [9.17, 15) is 4.79 Å². The number of pyridine rings is 1. The molecule has 90 valence electrons. The number of nitrogens with zero attached hydrogens (tertiary/aromatic N) is 2. The standard InChI is InChI=1S/C13H16N2O2/c1-9(16)17-13-10-4-6-15(13)12(7-10)11-3-2-5-14-8-11/h2-3,5,8,10,12-13H,4,6-7H2,1H3. The zero-order valence-electron chi connectivity index (χ0n) is 9.87. The van der Waals surface area contributed by atoms with Crippen LogP contribution in [0, 0.1) is 5.92 Å². The smallest absolute Gasteiger partial charge is 0.304 e. The SMILES string of the molecule is CC(=O)OC1C2CCN1C(c1cccnc1)C2. The quantitative estimate of drug-likeness (QED) is 0.728. The molecule has 3 heterocycles. The first-order chi connectivity index (χ1) is 8.25. The van der Waals surface area contributed by atoms with Crippen molar-refractivity contribution in [1.82, 2.24) is 9.88 Å². The van der Waals surface area contributed by atoms with Crippen LogP contribution >= 0.6 is 0 Å². The topological polar surface area (TPSA) is 42.4 Å². The van der Waals surface area contributed by atoms with Gasteiger partial charge in [-0.15, -0.1) is 0 Å². The van der Waals surface area contributed by atoms with Crippen molar-refractivity contribution in [2.45, 2.75) is 32.0 Å². The number of aromatic nitrogens is 1. The predicted octanol–water partition coefficient (Wildman–Crippen LogP) is 1.74. The van der Waals surface area contributed by atoms with E-state index in [-0.39, 0.29) is 12.2 Å². The van der Waals surface area contributed by atoms with Crippen LogP contribution in [0.1, 0.15) is 31.4 Å². The number of hydrogen-bond acceptors (Lipinski definition) is 4. The number of carbonyl (C=O) groups excluding carboxylic acids is 1. The number of piperidine rings is 1. The molecule has 1 aromatic heterocycles. The molecule has 4 atom stereocenters. The van der Waals surface area contributed by atoms with E-state index in [2.05, 4.69) is 16.0 Å². The zero-order valence-corrected chi connectivity index (χ0v) is 9.87. The van der Waals surface area contributed by atoms with Gasteiger partial charge in [0.15, 0.2) is 6.23 Å². The molecule has 2 aliphatic heterocycles. The summed E-state index contributed by atoms with van der Waals surface area (Å²) in [4.78, 5) is 17.6. The lowest BCUT2D eigenvalue weighted by atomic mass is 9.96. The highest BCUT2D eigenvalue weighted by Crippen LogP contribution is 2.46. The Kier molecular flexibility index (Phi) is 2.59. The molecular weight excluding hydrogens is 216 g/mol. The van der Waals surface area contributed by atoms with Gasteiger partial charge in [0, 0.05) is 37.8 Å². The molecule has 2 fully saturated rings. The van der Waals surface area contributed by atoms with Crippen LogP contribution in [0.2, 0.25) is 0 Å². The van der Waals surface area contributed by atoms with Gasteiger partial charge in [0.2, 0.25) is 0 Å². The van der Waals surface area contributed by atoms with E-state index in [1.807, 2.05) is 12.3 Å². The Bertz CT molecular complexity index is 421. The summed E-state index contributed by atoms with van der Waals surface area (Å²) in [6, 6.07) is 4.43. The predicted molar refractivity (Wildman–Crippen MR) is 62.0 cm³/mol. The van der Waals surface area contributed by atoms with E-state index in [1.165, 1.54) is 12.5 Å². The van der Waals surface area contributed by atoms with Crippen molar-refractivity contribution in [3.63, 3.8) is 0 Å². The van der Waals surface area contributed by atoms with E-state index >= 15 is 0 Å². The van der Waals surface area contributed by atoms with Crippen molar-refractivity contribution in [2.24, 2.45) is 5.92 Å². The van der Waals surface area contributed by atoms with Crippen LogP contribution in [0.5, 0.6) is 0 Å². The second-order valence-corrected chi connectivity index (χ2v) is 4.82. The maximum atomic E-state index is 11.1. The van der Waals surface area contributed by atoms with E-state index in [1.54, 1.807) is 6.20 Å². The van der Waals surface area contributed by atoms with E-state index < -0.39 is 0 Å². The van der Waals surface area contributed by atoms with Gasteiger partial charge in [0.05, 0.1) is 0 Å². The van der Waals surface area contributed by atoms with Crippen molar-refractivity contribution >= 4 is 5.97 Å². The first-order valence-corrected chi connectivity index (χ1v) is 6.08. The number of hydrogen-bond donors (Lipinski definition) is 0. The third kappa shape index (κ3) is 1.82. The Labute approximate surface area is 101 Å². The summed E-state index contributed by atoms with van der Waals surface area (Å²) in [6.45, 7) is 2.50. The fourth-order valence-electron chi connectivity index (χ4n) is 3.08. The van der Waals surface area contributed by atoms with Crippen LogP contribution < -0.4 is 0 Å². The lowest BCUT2D eigenvalue weighted by molar-refractivity contribution is -0.154. The Morgan fingerprint density at radius 1 is 1.59 bits per heavy atom. The molecular formula is C13H16N2O2. The number of rotatable bonds is 2. The minimum Gasteiger partial charge on any atom is -0.446 e. The molecule has 2 bridgehead atoms. The largest absolute Gasteiger partial charge is 0.446 e. The average molecular weight is 232 g/mol. The molecule has 0 aliphatic carbocycles. The van der Waals surface area contributed by atoms with Crippen LogP contribution in [-0.4, -0.2) is 28.6 Å². The van der Waals surface area contributed by atoms with Gasteiger partial charge < -0.3 is 4.74 Å². The summed E-state index contributed by atoms with van der Waals surface area (Å²) in [5.74, 6) is 0.308. The number of carbonyl (C=O) groups is 1. The van der Waals surface area contributed by atoms with Gasteiger partial charge in [0.25, 0.3) is 0 Å². The Morgan fingerprint density at radius 3 is 3.18 bits per heavy atom. The summed E-state index contributed by atoms with van der Waals surface area (Å²) in [6.07, 6.45) is 5.89. The second kappa shape index (κ2) is 4.11. The molecule has 0 amide bonds. The van der Waals surface area contributed by atoms with Gasteiger partial charge >= 0.3 is 5.97 Å². The van der Waals surface area contributed by atoms with Gasteiger partial charge in [-0.25, -0.2) is 0 Å². The van der Waals surface area contributed by atoms with Crippen LogP contribution in [0.25, 0.3) is 0 Å². The van der Waals surface area contributed by atoms with E-state index in [0.29, 0.717) is 12.0 Å². The summed E-state index contributed by atoms with van der Waals surface area (Å²) >= 11 is 0. The fraction of sp³-hybridized carbons (Fsp3) is 0.538. The molecule has 0 N–H and O–H groups in total. The molecule has 4 heteroatoms. The average Bonchev–Trinajstić information content (AvgIpc) is 2.87. The monoisotopic (exact) mass is 232 g/mol. The molecule has 4 unspecified atom stereocenters. The van der Waals surface area contributed by atoms with Gasteiger partial charge in [0.1, 0.15) is 0 Å². The van der Waals surface area contributed by atoms with E-state index in [4.69, 9.17) is 4.74 Å². The Morgan fingerprint density at radius 2 is 2.47 bits per heavy atom. The Hall–Kier alpha value is -1.42. The minimum atomic E-state index is -0.182. The highest BCUT2D eigenvalue weighted by Gasteiger charge is 2.48. The summed E-state index contributed by atoms with van der Waals surface area (Å²) in [5, 5.41) is 0. The summed E-state index contributed by atoms with van der Waals surface area (Å²) in [5.41, 5.74) is 1.23. The third-order valence-electron chi connectivity index (χ3n) is 3.77. The molecule has 0 spiro atoms. The first-order valence-electron chi connectivity index (χ1n) is 6.08. The maximum Gasteiger partial charge on any atom is 0.304 e.